The van der Waals surface area contributed by atoms with Crippen LogP contribution in [0.3, 0.4) is 0 Å². The Morgan fingerprint density at radius 3 is 2.89 bits per heavy atom. The third-order valence-corrected chi connectivity index (χ3v) is 3.75. The van der Waals surface area contributed by atoms with Crippen LogP contribution in [0.25, 0.3) is 0 Å². The molecule has 1 heterocycles. The smallest absolute Gasteiger partial charge is 0.262 e. The summed E-state index contributed by atoms with van der Waals surface area (Å²) in [5.74, 6) is 0.392. The van der Waals surface area contributed by atoms with Crippen LogP contribution in [0.15, 0.2) is 12.1 Å². The first-order valence-corrected chi connectivity index (χ1v) is 6.58. The van der Waals surface area contributed by atoms with E-state index >= 15 is 0 Å². The van der Waals surface area contributed by atoms with E-state index in [1.807, 2.05) is 0 Å². The molecule has 1 aliphatic carbocycles. The lowest BCUT2D eigenvalue weighted by Crippen LogP contribution is -2.28. The van der Waals surface area contributed by atoms with Crippen LogP contribution in [0.1, 0.15) is 19.3 Å². The van der Waals surface area contributed by atoms with Crippen molar-refractivity contribution in [1.29, 1.82) is 0 Å². The molecule has 0 aromatic heterocycles. The standard InChI is InChI=1S/C13H13ClN2O3/c14-8-4-10-11(19-6-12(17)15-10)5-9(8)16-13(18)7-2-1-3-7/h4-5,7H,1-3,6H2,(H,15,17)(H,16,18). The highest BCUT2D eigenvalue weighted by atomic mass is 35.5. The number of carbonyl (C=O) groups is 2. The van der Waals surface area contributed by atoms with E-state index in [2.05, 4.69) is 10.6 Å². The predicted molar refractivity (Wildman–Crippen MR) is 71.5 cm³/mol. The molecule has 5 nitrogen and oxygen atoms in total. The number of rotatable bonds is 2. The molecule has 0 saturated heterocycles. The molecule has 2 N–H and O–H groups in total. The van der Waals surface area contributed by atoms with Crippen LogP contribution in [0, 0.1) is 5.92 Å². The average Bonchev–Trinajstić information content (AvgIpc) is 2.28. The third-order valence-electron chi connectivity index (χ3n) is 3.44. The number of halogens is 1. The molecule has 2 amide bonds. The molecule has 3 rings (SSSR count). The number of fused-ring (bicyclic) bond motifs is 1. The van der Waals surface area contributed by atoms with Crippen molar-refractivity contribution in [3.05, 3.63) is 17.2 Å². The monoisotopic (exact) mass is 280 g/mol. The van der Waals surface area contributed by atoms with Gasteiger partial charge in [0.1, 0.15) is 5.75 Å². The molecule has 1 aromatic rings. The molecule has 6 heteroatoms. The number of hydrogen-bond donors (Lipinski definition) is 2. The van der Waals surface area contributed by atoms with Gasteiger partial charge in [0.25, 0.3) is 5.91 Å². The van der Waals surface area contributed by atoms with Gasteiger partial charge >= 0.3 is 0 Å². The Morgan fingerprint density at radius 2 is 2.21 bits per heavy atom. The van der Waals surface area contributed by atoms with Crippen LogP contribution in [0.2, 0.25) is 5.02 Å². The maximum atomic E-state index is 11.9. The molecule has 2 aliphatic rings. The number of hydrogen-bond acceptors (Lipinski definition) is 3. The second-order valence-electron chi connectivity index (χ2n) is 4.78. The van der Waals surface area contributed by atoms with E-state index in [1.165, 1.54) is 0 Å². The van der Waals surface area contributed by atoms with Gasteiger partial charge in [0.05, 0.1) is 16.4 Å². The second kappa shape index (κ2) is 4.74. The minimum Gasteiger partial charge on any atom is -0.482 e. The molecular weight excluding hydrogens is 268 g/mol. The van der Waals surface area contributed by atoms with Gasteiger partial charge in [-0.3, -0.25) is 9.59 Å². The quantitative estimate of drug-likeness (QED) is 0.874. The maximum absolute atomic E-state index is 11.9. The molecule has 1 aromatic carbocycles. The first kappa shape index (κ1) is 12.3. The first-order valence-electron chi connectivity index (χ1n) is 6.20. The van der Waals surface area contributed by atoms with Crippen molar-refractivity contribution >= 4 is 34.8 Å². The molecule has 0 bridgehead atoms. The largest absolute Gasteiger partial charge is 0.482 e. The van der Waals surface area contributed by atoms with Crippen molar-refractivity contribution in [2.45, 2.75) is 19.3 Å². The van der Waals surface area contributed by atoms with Gasteiger partial charge in [-0.2, -0.15) is 0 Å². The Hall–Kier alpha value is -1.75. The Bertz CT molecular complexity index is 555. The van der Waals surface area contributed by atoms with Crippen LogP contribution in [0.4, 0.5) is 11.4 Å². The predicted octanol–water partition coefficient (Wildman–Crippen LogP) is 2.41. The molecule has 1 aliphatic heterocycles. The highest BCUT2D eigenvalue weighted by molar-refractivity contribution is 6.34. The van der Waals surface area contributed by atoms with Crippen LogP contribution < -0.4 is 15.4 Å². The molecule has 0 radical (unpaired) electrons. The summed E-state index contributed by atoms with van der Waals surface area (Å²) in [4.78, 5) is 23.1. The van der Waals surface area contributed by atoms with Crippen LogP contribution in [0.5, 0.6) is 5.75 Å². The van der Waals surface area contributed by atoms with Crippen molar-refractivity contribution < 1.29 is 14.3 Å². The lowest BCUT2D eigenvalue weighted by atomic mass is 9.85. The fraction of sp³-hybridized carbons (Fsp3) is 0.385. The van der Waals surface area contributed by atoms with E-state index in [0.717, 1.165) is 19.3 Å². The molecule has 1 fully saturated rings. The highest BCUT2D eigenvalue weighted by Gasteiger charge is 2.26. The maximum Gasteiger partial charge on any atom is 0.262 e. The number of benzene rings is 1. The van der Waals surface area contributed by atoms with E-state index in [-0.39, 0.29) is 24.3 Å². The van der Waals surface area contributed by atoms with Crippen LogP contribution >= 0.6 is 11.6 Å². The Labute approximate surface area is 115 Å². The summed E-state index contributed by atoms with van der Waals surface area (Å²) in [7, 11) is 0. The molecule has 0 atom stereocenters. The minimum atomic E-state index is -0.213. The fourth-order valence-electron chi connectivity index (χ4n) is 2.10. The fourth-order valence-corrected chi connectivity index (χ4v) is 2.31. The van der Waals surface area contributed by atoms with Gasteiger partial charge in [0, 0.05) is 12.0 Å². The zero-order valence-corrected chi connectivity index (χ0v) is 10.9. The van der Waals surface area contributed by atoms with Crippen molar-refractivity contribution in [3.63, 3.8) is 0 Å². The molecule has 19 heavy (non-hydrogen) atoms. The van der Waals surface area contributed by atoms with Gasteiger partial charge < -0.3 is 15.4 Å². The molecule has 0 spiro atoms. The topological polar surface area (TPSA) is 67.4 Å². The van der Waals surface area contributed by atoms with Gasteiger partial charge in [-0.25, -0.2) is 0 Å². The molecule has 1 saturated carbocycles. The number of amides is 2. The number of carbonyl (C=O) groups excluding carboxylic acids is 2. The highest BCUT2D eigenvalue weighted by Crippen LogP contribution is 2.37. The average molecular weight is 281 g/mol. The van der Waals surface area contributed by atoms with Gasteiger partial charge in [0.15, 0.2) is 6.61 Å². The second-order valence-corrected chi connectivity index (χ2v) is 5.19. The van der Waals surface area contributed by atoms with Crippen LogP contribution in [-0.4, -0.2) is 18.4 Å². The van der Waals surface area contributed by atoms with Gasteiger partial charge in [-0.1, -0.05) is 18.0 Å². The van der Waals surface area contributed by atoms with Gasteiger partial charge in [-0.15, -0.1) is 0 Å². The summed E-state index contributed by atoms with van der Waals surface area (Å²) >= 11 is 6.10. The minimum absolute atomic E-state index is 0.00653. The van der Waals surface area contributed by atoms with Crippen molar-refractivity contribution in [2.75, 3.05) is 17.2 Å². The van der Waals surface area contributed by atoms with Crippen LogP contribution in [-0.2, 0) is 9.59 Å². The SMILES string of the molecule is O=C1COc2cc(NC(=O)C3CCC3)c(Cl)cc2N1. The normalized spacial score (nSPS) is 17.8. The summed E-state index contributed by atoms with van der Waals surface area (Å²) in [6.45, 7) is -0.0232. The summed E-state index contributed by atoms with van der Waals surface area (Å²) < 4.78 is 5.29. The first-order chi connectivity index (χ1) is 9.13. The molecule has 100 valence electrons. The van der Waals surface area contributed by atoms with E-state index in [1.54, 1.807) is 12.1 Å². The molecule has 0 unspecified atom stereocenters. The lowest BCUT2D eigenvalue weighted by Gasteiger charge is -2.25. The summed E-state index contributed by atoms with van der Waals surface area (Å²) in [5.41, 5.74) is 1.05. The summed E-state index contributed by atoms with van der Waals surface area (Å²) in [5, 5.41) is 5.86. The third kappa shape index (κ3) is 2.38. The van der Waals surface area contributed by atoms with Crippen molar-refractivity contribution in [2.24, 2.45) is 5.92 Å². The van der Waals surface area contributed by atoms with Gasteiger partial charge in [0.2, 0.25) is 5.91 Å². The van der Waals surface area contributed by atoms with Crippen molar-refractivity contribution in [1.82, 2.24) is 0 Å². The van der Waals surface area contributed by atoms with Gasteiger partial charge in [-0.05, 0) is 18.9 Å². The van der Waals surface area contributed by atoms with Crippen molar-refractivity contribution in [3.8, 4) is 5.75 Å². The Kier molecular flexibility index (Phi) is 3.06. The van der Waals surface area contributed by atoms with E-state index in [0.29, 0.717) is 22.1 Å². The summed E-state index contributed by atoms with van der Waals surface area (Å²) in [6, 6.07) is 3.23. The Balaban J connectivity index is 1.82. The lowest BCUT2D eigenvalue weighted by molar-refractivity contribution is -0.122. The van der Waals surface area contributed by atoms with E-state index < -0.39 is 0 Å². The zero-order valence-electron chi connectivity index (χ0n) is 10.2. The number of ether oxygens (including phenoxy) is 1. The number of nitrogens with one attached hydrogen (secondary N) is 2. The van der Waals surface area contributed by atoms with E-state index in [9.17, 15) is 9.59 Å². The number of anilines is 2. The Morgan fingerprint density at radius 1 is 1.42 bits per heavy atom. The van der Waals surface area contributed by atoms with E-state index in [4.69, 9.17) is 16.3 Å². The zero-order chi connectivity index (χ0) is 13.4. The molecular formula is C13H13ClN2O3. The summed E-state index contributed by atoms with van der Waals surface area (Å²) in [6.07, 6.45) is 2.97.